The van der Waals surface area contributed by atoms with Crippen molar-refractivity contribution < 1.29 is 4.92 Å². The highest BCUT2D eigenvalue weighted by molar-refractivity contribution is 9.10. The Morgan fingerprint density at radius 2 is 1.89 bits per heavy atom. The van der Waals surface area contributed by atoms with Crippen molar-refractivity contribution in [3.05, 3.63) is 32.8 Å². The van der Waals surface area contributed by atoms with Crippen molar-refractivity contribution in [2.45, 2.75) is 31.7 Å². The van der Waals surface area contributed by atoms with Crippen LogP contribution in [0.25, 0.3) is 0 Å². The van der Waals surface area contributed by atoms with Crippen LogP contribution in [0.5, 0.6) is 0 Å². The first-order valence-corrected chi connectivity index (χ1v) is 7.15. The zero-order chi connectivity index (χ0) is 12.7. The molecule has 0 aliphatic heterocycles. The lowest BCUT2D eigenvalue weighted by Gasteiger charge is -2.19. The molecule has 0 amide bonds. The van der Waals surface area contributed by atoms with Gasteiger partial charge in [0.1, 0.15) is 5.69 Å². The molecule has 0 aromatic heterocycles. The van der Waals surface area contributed by atoms with Crippen molar-refractivity contribution in [1.82, 2.24) is 0 Å². The molecule has 2 saturated carbocycles. The average molecular weight is 311 g/mol. The van der Waals surface area contributed by atoms with Gasteiger partial charge in [-0.05, 0) is 49.7 Å². The number of hydrogen-bond acceptors (Lipinski definition) is 3. The van der Waals surface area contributed by atoms with Crippen LogP contribution < -0.4 is 5.32 Å². The Balaban J connectivity index is 1.85. The summed E-state index contributed by atoms with van der Waals surface area (Å²) in [7, 11) is 0. The lowest BCUT2D eigenvalue weighted by molar-refractivity contribution is -0.384. The SMILES string of the molecule is O=[N+]([O-])c1ccc(Br)cc1NC(C1CC1)C1CC1. The highest BCUT2D eigenvalue weighted by Crippen LogP contribution is 2.46. The molecule has 0 heterocycles. The Morgan fingerprint density at radius 1 is 1.28 bits per heavy atom. The second kappa shape index (κ2) is 4.53. The monoisotopic (exact) mass is 310 g/mol. The molecule has 5 heteroatoms. The van der Waals surface area contributed by atoms with Crippen LogP contribution in [0.1, 0.15) is 25.7 Å². The van der Waals surface area contributed by atoms with Crippen LogP contribution in [0.3, 0.4) is 0 Å². The summed E-state index contributed by atoms with van der Waals surface area (Å²) in [5.74, 6) is 1.44. The third-order valence-electron chi connectivity index (χ3n) is 3.74. The van der Waals surface area contributed by atoms with E-state index in [1.165, 1.54) is 25.7 Å². The lowest BCUT2D eigenvalue weighted by atomic mass is 10.1. The van der Waals surface area contributed by atoms with Crippen LogP contribution in [0.15, 0.2) is 22.7 Å². The number of anilines is 1. The Hall–Kier alpha value is -1.10. The van der Waals surface area contributed by atoms with E-state index in [9.17, 15) is 10.1 Å². The standard InChI is InChI=1S/C13H15BrN2O2/c14-10-5-6-12(16(17)18)11(7-10)15-13(8-1-2-8)9-3-4-9/h5-9,13,15H,1-4H2. The summed E-state index contributed by atoms with van der Waals surface area (Å²) in [6, 6.07) is 5.52. The topological polar surface area (TPSA) is 55.2 Å². The molecule has 0 spiro atoms. The number of nitrogens with zero attached hydrogens (tertiary/aromatic N) is 1. The number of benzene rings is 1. The molecule has 1 aromatic carbocycles. The summed E-state index contributed by atoms with van der Waals surface area (Å²) in [6.07, 6.45) is 5.04. The highest BCUT2D eigenvalue weighted by Gasteiger charge is 2.42. The quantitative estimate of drug-likeness (QED) is 0.661. The summed E-state index contributed by atoms with van der Waals surface area (Å²) in [6.45, 7) is 0. The summed E-state index contributed by atoms with van der Waals surface area (Å²) in [5.41, 5.74) is 0.822. The summed E-state index contributed by atoms with van der Waals surface area (Å²) >= 11 is 3.38. The molecule has 4 nitrogen and oxygen atoms in total. The predicted molar refractivity (Wildman–Crippen MR) is 73.7 cm³/mol. The minimum Gasteiger partial charge on any atom is -0.376 e. The molecule has 2 aliphatic carbocycles. The van der Waals surface area contributed by atoms with Gasteiger partial charge in [-0.1, -0.05) is 15.9 Å². The van der Waals surface area contributed by atoms with Crippen LogP contribution in [0.2, 0.25) is 0 Å². The largest absolute Gasteiger partial charge is 0.376 e. The van der Waals surface area contributed by atoms with E-state index in [1.54, 1.807) is 12.1 Å². The number of nitro benzene ring substituents is 1. The second-order valence-corrected chi connectivity index (χ2v) is 6.18. The minimum atomic E-state index is -0.314. The van der Waals surface area contributed by atoms with E-state index >= 15 is 0 Å². The molecule has 0 atom stereocenters. The van der Waals surface area contributed by atoms with Crippen LogP contribution >= 0.6 is 15.9 Å². The molecule has 2 aliphatic rings. The van der Waals surface area contributed by atoms with Crippen molar-refractivity contribution in [3.8, 4) is 0 Å². The van der Waals surface area contributed by atoms with Crippen molar-refractivity contribution in [1.29, 1.82) is 0 Å². The van der Waals surface area contributed by atoms with E-state index in [0.717, 1.165) is 16.3 Å². The van der Waals surface area contributed by atoms with Gasteiger partial charge in [0, 0.05) is 16.6 Å². The number of nitro groups is 1. The lowest BCUT2D eigenvalue weighted by Crippen LogP contribution is -2.24. The Morgan fingerprint density at radius 3 is 2.39 bits per heavy atom. The summed E-state index contributed by atoms with van der Waals surface area (Å²) in [4.78, 5) is 10.7. The predicted octanol–water partition coefficient (Wildman–Crippen LogP) is 3.96. The zero-order valence-corrected chi connectivity index (χ0v) is 11.5. The zero-order valence-electron chi connectivity index (χ0n) is 9.93. The van der Waals surface area contributed by atoms with Gasteiger partial charge in [-0.2, -0.15) is 0 Å². The summed E-state index contributed by atoms with van der Waals surface area (Å²) in [5, 5.41) is 14.5. The molecular formula is C13H15BrN2O2. The third-order valence-corrected chi connectivity index (χ3v) is 4.23. The minimum absolute atomic E-state index is 0.171. The smallest absolute Gasteiger partial charge is 0.292 e. The summed E-state index contributed by atoms with van der Waals surface area (Å²) < 4.78 is 0.876. The highest BCUT2D eigenvalue weighted by atomic mass is 79.9. The fourth-order valence-corrected chi connectivity index (χ4v) is 2.86. The van der Waals surface area contributed by atoms with Crippen LogP contribution in [-0.2, 0) is 0 Å². The van der Waals surface area contributed by atoms with E-state index in [1.807, 2.05) is 6.07 Å². The first kappa shape index (κ1) is 12.0. The fourth-order valence-electron chi connectivity index (χ4n) is 2.49. The van der Waals surface area contributed by atoms with Gasteiger partial charge >= 0.3 is 0 Å². The van der Waals surface area contributed by atoms with Crippen molar-refractivity contribution in [2.75, 3.05) is 5.32 Å². The molecule has 1 N–H and O–H groups in total. The van der Waals surface area contributed by atoms with Gasteiger partial charge in [-0.3, -0.25) is 10.1 Å². The van der Waals surface area contributed by atoms with E-state index in [-0.39, 0.29) is 10.6 Å². The maximum absolute atomic E-state index is 11.0. The first-order chi connectivity index (χ1) is 8.65. The van der Waals surface area contributed by atoms with E-state index in [0.29, 0.717) is 11.7 Å². The van der Waals surface area contributed by atoms with E-state index in [4.69, 9.17) is 0 Å². The maximum Gasteiger partial charge on any atom is 0.292 e. The number of hydrogen-bond donors (Lipinski definition) is 1. The first-order valence-electron chi connectivity index (χ1n) is 6.35. The molecule has 0 bridgehead atoms. The van der Waals surface area contributed by atoms with Crippen LogP contribution in [-0.4, -0.2) is 11.0 Å². The van der Waals surface area contributed by atoms with Gasteiger partial charge in [-0.15, -0.1) is 0 Å². The molecule has 3 rings (SSSR count). The van der Waals surface area contributed by atoms with Crippen molar-refractivity contribution >= 4 is 27.3 Å². The van der Waals surface area contributed by atoms with Crippen molar-refractivity contribution in [2.24, 2.45) is 11.8 Å². The van der Waals surface area contributed by atoms with Gasteiger partial charge in [0.25, 0.3) is 5.69 Å². The number of rotatable bonds is 5. The Labute approximate surface area is 114 Å². The molecule has 1 aromatic rings. The van der Waals surface area contributed by atoms with E-state index < -0.39 is 0 Å². The molecule has 96 valence electrons. The molecule has 0 radical (unpaired) electrons. The van der Waals surface area contributed by atoms with E-state index in [2.05, 4.69) is 21.2 Å². The molecule has 2 fully saturated rings. The van der Waals surface area contributed by atoms with Gasteiger partial charge in [0.05, 0.1) is 4.92 Å². The van der Waals surface area contributed by atoms with Gasteiger partial charge in [-0.25, -0.2) is 0 Å². The molecule has 18 heavy (non-hydrogen) atoms. The Kier molecular flexibility index (Phi) is 3.01. The fraction of sp³-hybridized carbons (Fsp3) is 0.538. The second-order valence-electron chi connectivity index (χ2n) is 5.26. The normalized spacial score (nSPS) is 19.0. The van der Waals surface area contributed by atoms with Crippen molar-refractivity contribution in [3.63, 3.8) is 0 Å². The number of nitrogens with one attached hydrogen (secondary N) is 1. The van der Waals surface area contributed by atoms with Gasteiger partial charge in [0.2, 0.25) is 0 Å². The van der Waals surface area contributed by atoms with Crippen LogP contribution in [0, 0.1) is 22.0 Å². The molecular weight excluding hydrogens is 296 g/mol. The average Bonchev–Trinajstić information content (AvgIpc) is 3.17. The number of halogens is 1. The third kappa shape index (κ3) is 2.51. The Bertz CT molecular complexity index is 472. The van der Waals surface area contributed by atoms with Crippen LogP contribution in [0.4, 0.5) is 11.4 Å². The van der Waals surface area contributed by atoms with Gasteiger partial charge in [0.15, 0.2) is 0 Å². The molecule has 0 unspecified atom stereocenters. The van der Waals surface area contributed by atoms with Gasteiger partial charge < -0.3 is 5.32 Å². The maximum atomic E-state index is 11.0. The molecule has 0 saturated heterocycles.